The van der Waals surface area contributed by atoms with E-state index in [0.29, 0.717) is 6.54 Å². The van der Waals surface area contributed by atoms with Gasteiger partial charge in [-0.1, -0.05) is 30.3 Å². The number of aromatic hydroxyl groups is 1. The first kappa shape index (κ1) is 17.4. The quantitative estimate of drug-likeness (QED) is 0.734. The maximum Gasteiger partial charge on any atom is 0.164 e. The molecule has 23 heavy (non-hydrogen) atoms. The molecule has 2 atom stereocenters. The predicted molar refractivity (Wildman–Crippen MR) is 89.9 cm³/mol. The molecule has 2 aromatic carbocycles. The molecule has 2 aromatic rings. The molecule has 2 rings (SSSR count). The van der Waals surface area contributed by atoms with E-state index in [2.05, 4.69) is 24.4 Å². The number of phenolic OH excluding ortho intramolecular Hbond substituents is 1. The van der Waals surface area contributed by atoms with Crippen molar-refractivity contribution in [3.05, 3.63) is 65.0 Å². The van der Waals surface area contributed by atoms with Crippen molar-refractivity contribution in [3.63, 3.8) is 0 Å². The lowest BCUT2D eigenvalue weighted by molar-refractivity contribution is 0.218. The van der Waals surface area contributed by atoms with Crippen LogP contribution in [0.4, 0.5) is 4.39 Å². The largest absolute Gasteiger partial charge is 0.505 e. The van der Waals surface area contributed by atoms with Crippen LogP contribution in [0.15, 0.2) is 42.5 Å². The fourth-order valence-electron chi connectivity index (χ4n) is 2.61. The summed E-state index contributed by atoms with van der Waals surface area (Å²) in [6.45, 7) is 4.77. The van der Waals surface area contributed by atoms with Crippen molar-refractivity contribution in [2.75, 3.05) is 13.2 Å². The molecule has 0 saturated heterocycles. The van der Waals surface area contributed by atoms with Gasteiger partial charge in [-0.25, -0.2) is 4.39 Å². The van der Waals surface area contributed by atoms with E-state index >= 15 is 0 Å². The van der Waals surface area contributed by atoms with Gasteiger partial charge >= 0.3 is 0 Å². The number of benzene rings is 2. The van der Waals surface area contributed by atoms with Crippen LogP contribution in [0, 0.1) is 18.7 Å². The molecule has 0 aromatic heterocycles. The van der Waals surface area contributed by atoms with Crippen LogP contribution < -0.4 is 5.32 Å². The zero-order valence-electron chi connectivity index (χ0n) is 13.6. The summed E-state index contributed by atoms with van der Waals surface area (Å²) in [4.78, 5) is 0. The second-order valence-corrected chi connectivity index (χ2v) is 6.02. The first-order valence-electron chi connectivity index (χ1n) is 7.88. The van der Waals surface area contributed by atoms with Crippen LogP contribution >= 0.6 is 0 Å². The Hall–Kier alpha value is -1.91. The Balaban J connectivity index is 1.94. The Morgan fingerprint density at radius 3 is 2.57 bits per heavy atom. The molecule has 0 heterocycles. The summed E-state index contributed by atoms with van der Waals surface area (Å²) in [7, 11) is 0. The van der Waals surface area contributed by atoms with Gasteiger partial charge in [0.1, 0.15) is 0 Å². The molecule has 3 nitrogen and oxygen atoms in total. The Bertz CT molecular complexity index is 645. The molecule has 0 bridgehead atoms. The molecule has 4 heteroatoms. The zero-order valence-corrected chi connectivity index (χ0v) is 13.6. The van der Waals surface area contributed by atoms with Gasteiger partial charge in [0.2, 0.25) is 0 Å². The number of halogens is 1. The van der Waals surface area contributed by atoms with Crippen molar-refractivity contribution in [1.29, 1.82) is 0 Å². The number of rotatable bonds is 7. The average molecular weight is 317 g/mol. The highest BCUT2D eigenvalue weighted by Crippen LogP contribution is 2.22. The van der Waals surface area contributed by atoms with Crippen molar-refractivity contribution in [2.45, 2.75) is 26.3 Å². The van der Waals surface area contributed by atoms with Gasteiger partial charge in [0, 0.05) is 19.2 Å². The van der Waals surface area contributed by atoms with Crippen LogP contribution in [-0.2, 0) is 6.42 Å². The van der Waals surface area contributed by atoms with Crippen molar-refractivity contribution in [2.24, 2.45) is 5.92 Å². The Morgan fingerprint density at radius 1 is 1.17 bits per heavy atom. The molecule has 0 aliphatic carbocycles. The number of aliphatic hydroxyl groups excluding tert-OH is 1. The zero-order chi connectivity index (χ0) is 16.8. The molecular weight excluding hydrogens is 293 g/mol. The van der Waals surface area contributed by atoms with Crippen molar-refractivity contribution >= 4 is 0 Å². The first-order valence-corrected chi connectivity index (χ1v) is 7.88. The predicted octanol–water partition coefficient (Wildman–Crippen LogP) is 3.34. The number of phenols is 1. The topological polar surface area (TPSA) is 52.5 Å². The van der Waals surface area contributed by atoms with Crippen LogP contribution in [0.1, 0.15) is 29.7 Å². The molecular formula is C19H24FNO2. The van der Waals surface area contributed by atoms with Gasteiger partial charge in [-0.15, -0.1) is 0 Å². The Morgan fingerprint density at radius 2 is 1.91 bits per heavy atom. The fraction of sp³-hybridized carbons (Fsp3) is 0.368. The smallest absolute Gasteiger partial charge is 0.164 e. The van der Waals surface area contributed by atoms with E-state index in [1.807, 2.05) is 19.1 Å². The SMILES string of the molecule is Cc1ccccc1CC(CO)CNC(C)c1ccc(F)c(O)c1. The van der Waals surface area contributed by atoms with Crippen molar-refractivity contribution < 1.29 is 14.6 Å². The summed E-state index contributed by atoms with van der Waals surface area (Å²) in [6.07, 6.45) is 0.803. The maximum atomic E-state index is 13.1. The number of nitrogens with one attached hydrogen (secondary N) is 1. The summed E-state index contributed by atoms with van der Waals surface area (Å²) < 4.78 is 13.1. The van der Waals surface area contributed by atoms with E-state index in [1.165, 1.54) is 23.3 Å². The summed E-state index contributed by atoms with van der Waals surface area (Å²) in [5, 5.41) is 22.4. The standard InChI is InChI=1S/C19H24FNO2/c1-13-5-3-4-6-16(13)9-15(12-22)11-21-14(2)17-7-8-18(20)19(23)10-17/h3-8,10,14-15,21-23H,9,11-12H2,1-2H3. The minimum Gasteiger partial charge on any atom is -0.505 e. The van der Waals surface area contributed by atoms with E-state index in [-0.39, 0.29) is 24.3 Å². The maximum absolute atomic E-state index is 13.1. The fourth-order valence-corrected chi connectivity index (χ4v) is 2.61. The summed E-state index contributed by atoms with van der Waals surface area (Å²) in [5.41, 5.74) is 3.28. The number of aliphatic hydroxyl groups is 1. The van der Waals surface area contributed by atoms with Gasteiger partial charge < -0.3 is 15.5 Å². The summed E-state index contributed by atoms with van der Waals surface area (Å²) in [5.74, 6) is -0.851. The highest BCUT2D eigenvalue weighted by Gasteiger charge is 2.13. The second kappa shape index (κ2) is 8.09. The van der Waals surface area contributed by atoms with Crippen LogP contribution in [0.5, 0.6) is 5.75 Å². The third kappa shape index (κ3) is 4.78. The van der Waals surface area contributed by atoms with Crippen LogP contribution in [-0.4, -0.2) is 23.4 Å². The van der Waals surface area contributed by atoms with Gasteiger partial charge in [0.25, 0.3) is 0 Å². The van der Waals surface area contributed by atoms with Crippen LogP contribution in [0.3, 0.4) is 0 Å². The third-order valence-electron chi connectivity index (χ3n) is 4.21. The number of aryl methyl sites for hydroxylation is 1. The first-order chi connectivity index (χ1) is 11.0. The van der Waals surface area contributed by atoms with Gasteiger partial charge in [-0.05, 0) is 55.0 Å². The Kier molecular flexibility index (Phi) is 6.13. The number of hydrogen-bond donors (Lipinski definition) is 3. The van der Waals surface area contributed by atoms with Gasteiger partial charge in [-0.2, -0.15) is 0 Å². The number of hydrogen-bond acceptors (Lipinski definition) is 3. The van der Waals surface area contributed by atoms with E-state index in [1.54, 1.807) is 6.07 Å². The molecule has 2 unspecified atom stereocenters. The second-order valence-electron chi connectivity index (χ2n) is 6.02. The Labute approximate surface area is 136 Å². The lowest BCUT2D eigenvalue weighted by atomic mass is 9.96. The molecule has 124 valence electrons. The molecule has 0 radical (unpaired) electrons. The lowest BCUT2D eigenvalue weighted by Gasteiger charge is -2.20. The molecule has 0 spiro atoms. The summed E-state index contributed by atoms with van der Waals surface area (Å²) >= 11 is 0. The molecule has 0 aliphatic rings. The minimum atomic E-state index is -0.617. The van der Waals surface area contributed by atoms with Gasteiger partial charge in [0.05, 0.1) is 0 Å². The third-order valence-corrected chi connectivity index (χ3v) is 4.21. The van der Waals surface area contributed by atoms with Gasteiger partial charge in [-0.3, -0.25) is 0 Å². The van der Waals surface area contributed by atoms with E-state index in [0.717, 1.165) is 12.0 Å². The molecule has 0 aliphatic heterocycles. The minimum absolute atomic E-state index is 0.0348. The monoisotopic (exact) mass is 317 g/mol. The average Bonchev–Trinajstić information content (AvgIpc) is 2.55. The molecule has 0 saturated carbocycles. The van der Waals surface area contributed by atoms with E-state index < -0.39 is 5.82 Å². The highest BCUT2D eigenvalue weighted by atomic mass is 19.1. The van der Waals surface area contributed by atoms with Crippen molar-refractivity contribution in [3.8, 4) is 5.75 Å². The molecule has 0 amide bonds. The summed E-state index contributed by atoms with van der Waals surface area (Å²) in [6, 6.07) is 12.5. The van der Waals surface area contributed by atoms with E-state index in [4.69, 9.17) is 0 Å². The molecule has 0 fully saturated rings. The van der Waals surface area contributed by atoms with Crippen molar-refractivity contribution in [1.82, 2.24) is 5.32 Å². The molecule has 3 N–H and O–H groups in total. The van der Waals surface area contributed by atoms with E-state index in [9.17, 15) is 14.6 Å². The lowest BCUT2D eigenvalue weighted by Crippen LogP contribution is -2.29. The van der Waals surface area contributed by atoms with Crippen LogP contribution in [0.25, 0.3) is 0 Å². The normalized spacial score (nSPS) is 13.7. The van der Waals surface area contributed by atoms with Gasteiger partial charge in [0.15, 0.2) is 11.6 Å². The highest BCUT2D eigenvalue weighted by molar-refractivity contribution is 5.30. The van der Waals surface area contributed by atoms with Crippen LogP contribution in [0.2, 0.25) is 0 Å².